The van der Waals surface area contributed by atoms with Gasteiger partial charge in [0, 0.05) is 6.54 Å². The van der Waals surface area contributed by atoms with Crippen molar-refractivity contribution in [2.24, 2.45) is 11.3 Å². The van der Waals surface area contributed by atoms with Crippen LogP contribution in [0.15, 0.2) is 0 Å². The van der Waals surface area contributed by atoms with Crippen LogP contribution in [0.4, 0.5) is 0 Å². The fraction of sp³-hybridized carbons (Fsp3) is 0.941. The summed E-state index contributed by atoms with van der Waals surface area (Å²) in [6, 6.07) is 0. The lowest BCUT2D eigenvalue weighted by molar-refractivity contribution is -0.146. The number of hydrogen-bond acceptors (Lipinski definition) is 3. The van der Waals surface area contributed by atoms with Crippen molar-refractivity contribution in [3.8, 4) is 0 Å². The van der Waals surface area contributed by atoms with E-state index in [2.05, 4.69) is 24.1 Å². The smallest absolute Gasteiger partial charge is 0.324 e. The number of hydrogen-bond donors (Lipinski definition) is 2. The third-order valence-electron chi connectivity index (χ3n) is 6.46. The zero-order chi connectivity index (χ0) is 15.5. The Hall–Kier alpha value is -0.610. The highest BCUT2D eigenvalue weighted by Crippen LogP contribution is 2.40. The molecule has 2 fully saturated rings. The highest BCUT2D eigenvalue weighted by Gasteiger charge is 2.48. The summed E-state index contributed by atoms with van der Waals surface area (Å²) < 4.78 is 0. The van der Waals surface area contributed by atoms with Crippen LogP contribution in [-0.2, 0) is 4.79 Å². The van der Waals surface area contributed by atoms with Crippen molar-refractivity contribution < 1.29 is 9.90 Å². The average Bonchev–Trinajstić information content (AvgIpc) is 3.10. The van der Waals surface area contributed by atoms with Crippen LogP contribution in [-0.4, -0.2) is 48.2 Å². The standard InChI is InChI=1S/C17H32N2O2/c1-4-16(5-2)10-12-19(13-16)11-8-14-7-6-9-17(14,18-3)15(20)21/h14,18H,4-13H2,1-3H3,(H,20,21). The second-order valence-electron chi connectivity index (χ2n) is 7.14. The maximum atomic E-state index is 11.7. The van der Waals surface area contributed by atoms with Gasteiger partial charge < -0.3 is 15.3 Å². The maximum Gasteiger partial charge on any atom is 0.324 e. The number of likely N-dealkylation sites (N-methyl/N-ethyl adjacent to an activating group) is 1. The summed E-state index contributed by atoms with van der Waals surface area (Å²) in [6.07, 6.45) is 7.70. The summed E-state index contributed by atoms with van der Waals surface area (Å²) in [6.45, 7) is 8.06. The molecule has 0 spiro atoms. The van der Waals surface area contributed by atoms with Gasteiger partial charge in [-0.05, 0) is 70.0 Å². The Morgan fingerprint density at radius 2 is 2.05 bits per heavy atom. The van der Waals surface area contributed by atoms with Crippen molar-refractivity contribution in [3.63, 3.8) is 0 Å². The summed E-state index contributed by atoms with van der Waals surface area (Å²) in [4.78, 5) is 14.2. The van der Waals surface area contributed by atoms with Crippen molar-refractivity contribution in [3.05, 3.63) is 0 Å². The third kappa shape index (κ3) is 3.11. The molecule has 0 aromatic heterocycles. The lowest BCUT2D eigenvalue weighted by Gasteiger charge is -2.32. The molecule has 1 heterocycles. The normalized spacial score (nSPS) is 32.6. The second-order valence-corrected chi connectivity index (χ2v) is 7.14. The van der Waals surface area contributed by atoms with Crippen LogP contribution in [0.5, 0.6) is 0 Å². The maximum absolute atomic E-state index is 11.7. The molecule has 1 aliphatic heterocycles. The fourth-order valence-electron chi connectivity index (χ4n) is 4.57. The molecule has 1 saturated heterocycles. The van der Waals surface area contributed by atoms with Crippen LogP contribution < -0.4 is 5.32 Å². The van der Waals surface area contributed by atoms with E-state index in [0.29, 0.717) is 5.41 Å². The van der Waals surface area contributed by atoms with Gasteiger partial charge in [0.1, 0.15) is 5.54 Å². The fourth-order valence-corrected chi connectivity index (χ4v) is 4.57. The molecule has 0 aromatic rings. The van der Waals surface area contributed by atoms with Gasteiger partial charge >= 0.3 is 5.97 Å². The van der Waals surface area contributed by atoms with E-state index < -0.39 is 11.5 Å². The number of carboxylic acid groups (broad SMARTS) is 1. The van der Waals surface area contributed by atoms with Gasteiger partial charge in [0.15, 0.2) is 0 Å². The quantitative estimate of drug-likeness (QED) is 0.758. The molecular weight excluding hydrogens is 264 g/mol. The zero-order valence-electron chi connectivity index (χ0n) is 14.0. The van der Waals surface area contributed by atoms with E-state index in [0.717, 1.165) is 32.2 Å². The summed E-state index contributed by atoms with van der Waals surface area (Å²) in [7, 11) is 1.81. The molecule has 0 amide bonds. The largest absolute Gasteiger partial charge is 0.480 e. The molecule has 2 atom stereocenters. The van der Waals surface area contributed by atoms with Crippen molar-refractivity contribution in [2.45, 2.75) is 64.3 Å². The van der Waals surface area contributed by atoms with Crippen molar-refractivity contribution in [2.75, 3.05) is 26.7 Å². The number of carboxylic acids is 1. The predicted octanol–water partition coefficient (Wildman–Crippen LogP) is 2.73. The Labute approximate surface area is 129 Å². The SMILES string of the molecule is CCC1(CC)CCN(CCC2CCCC2(NC)C(=O)O)C1. The van der Waals surface area contributed by atoms with E-state index >= 15 is 0 Å². The van der Waals surface area contributed by atoms with Gasteiger partial charge in [-0.25, -0.2) is 0 Å². The molecule has 0 aromatic carbocycles. The number of rotatable bonds is 7. The highest BCUT2D eigenvalue weighted by atomic mass is 16.4. The first-order valence-corrected chi connectivity index (χ1v) is 8.66. The average molecular weight is 296 g/mol. The molecule has 21 heavy (non-hydrogen) atoms. The van der Waals surface area contributed by atoms with E-state index in [1.54, 1.807) is 0 Å². The Balaban J connectivity index is 1.90. The van der Waals surface area contributed by atoms with Crippen molar-refractivity contribution in [1.29, 1.82) is 0 Å². The molecule has 1 saturated carbocycles. The number of nitrogens with zero attached hydrogens (tertiary/aromatic N) is 1. The lowest BCUT2D eigenvalue weighted by Crippen LogP contribution is -2.53. The summed E-state index contributed by atoms with van der Waals surface area (Å²) in [5.74, 6) is -0.386. The minimum atomic E-state index is -0.674. The number of aliphatic carboxylic acids is 1. The zero-order valence-corrected chi connectivity index (χ0v) is 14.0. The summed E-state index contributed by atoms with van der Waals surface area (Å²) in [5, 5.41) is 12.7. The van der Waals surface area contributed by atoms with Crippen molar-refractivity contribution in [1.82, 2.24) is 10.2 Å². The summed E-state index contributed by atoms with van der Waals surface area (Å²) >= 11 is 0. The van der Waals surface area contributed by atoms with Crippen LogP contribution in [0.3, 0.4) is 0 Å². The molecule has 4 heteroatoms. The van der Waals surface area contributed by atoms with Gasteiger partial charge in [0.25, 0.3) is 0 Å². The summed E-state index contributed by atoms with van der Waals surface area (Å²) in [5.41, 5.74) is -0.158. The monoisotopic (exact) mass is 296 g/mol. The molecular formula is C17H32N2O2. The number of likely N-dealkylation sites (tertiary alicyclic amines) is 1. The predicted molar refractivity (Wildman–Crippen MR) is 85.5 cm³/mol. The van der Waals surface area contributed by atoms with Crippen LogP contribution >= 0.6 is 0 Å². The molecule has 1 aliphatic carbocycles. The van der Waals surface area contributed by atoms with Crippen LogP contribution in [0.1, 0.15) is 58.8 Å². The lowest BCUT2D eigenvalue weighted by atomic mass is 9.82. The Morgan fingerprint density at radius 3 is 2.57 bits per heavy atom. The molecule has 2 unspecified atom stereocenters. The van der Waals surface area contributed by atoms with Crippen LogP contribution in [0.2, 0.25) is 0 Å². The Kier molecular flexibility index (Phi) is 5.31. The molecule has 0 radical (unpaired) electrons. The minimum absolute atomic E-state index is 0.276. The minimum Gasteiger partial charge on any atom is -0.480 e. The molecule has 2 aliphatic rings. The van der Waals surface area contributed by atoms with E-state index in [1.807, 2.05) is 7.05 Å². The van der Waals surface area contributed by atoms with Crippen LogP contribution in [0.25, 0.3) is 0 Å². The van der Waals surface area contributed by atoms with E-state index in [9.17, 15) is 9.90 Å². The van der Waals surface area contributed by atoms with Gasteiger partial charge in [-0.1, -0.05) is 20.3 Å². The molecule has 2 rings (SSSR count). The van der Waals surface area contributed by atoms with E-state index in [-0.39, 0.29) is 5.92 Å². The Morgan fingerprint density at radius 1 is 1.33 bits per heavy atom. The molecule has 4 nitrogen and oxygen atoms in total. The van der Waals surface area contributed by atoms with Gasteiger partial charge in [-0.15, -0.1) is 0 Å². The molecule has 122 valence electrons. The topological polar surface area (TPSA) is 52.6 Å². The third-order valence-corrected chi connectivity index (χ3v) is 6.46. The first kappa shape index (κ1) is 16.8. The van der Waals surface area contributed by atoms with Gasteiger partial charge in [-0.2, -0.15) is 0 Å². The van der Waals surface area contributed by atoms with Gasteiger partial charge in [-0.3, -0.25) is 4.79 Å². The molecule has 2 N–H and O–H groups in total. The Bertz CT molecular complexity index is 368. The van der Waals surface area contributed by atoms with Crippen molar-refractivity contribution >= 4 is 5.97 Å². The highest BCUT2D eigenvalue weighted by molar-refractivity contribution is 5.79. The van der Waals surface area contributed by atoms with Crippen LogP contribution in [0, 0.1) is 11.3 Å². The number of nitrogens with one attached hydrogen (secondary N) is 1. The number of carbonyl (C=O) groups is 1. The molecule has 0 bridgehead atoms. The van der Waals surface area contributed by atoms with E-state index in [4.69, 9.17) is 0 Å². The first-order valence-electron chi connectivity index (χ1n) is 8.66. The first-order chi connectivity index (χ1) is 10.0. The van der Waals surface area contributed by atoms with Gasteiger partial charge in [0.2, 0.25) is 0 Å². The second kappa shape index (κ2) is 6.66. The van der Waals surface area contributed by atoms with Gasteiger partial charge in [0.05, 0.1) is 0 Å². The van der Waals surface area contributed by atoms with E-state index in [1.165, 1.54) is 32.4 Å².